The van der Waals surface area contributed by atoms with E-state index in [1.165, 1.54) is 26.8 Å². The van der Waals surface area contributed by atoms with Crippen LogP contribution in [0.25, 0.3) is 0 Å². The molecule has 116 valence electrons. The molecule has 0 aliphatic heterocycles. The van der Waals surface area contributed by atoms with Crippen molar-refractivity contribution in [2.24, 2.45) is 5.92 Å². The van der Waals surface area contributed by atoms with Crippen LogP contribution in [0.3, 0.4) is 0 Å². The Kier molecular flexibility index (Phi) is 5.15. The maximum Gasteiger partial charge on any atom is 0.418 e. The lowest BCUT2D eigenvalue weighted by atomic mass is 9.89. The molecule has 1 rings (SSSR count). The molecule has 0 heterocycles. The Morgan fingerprint density at radius 2 is 1.81 bits per heavy atom. The molecule has 0 unspecified atom stereocenters. The van der Waals surface area contributed by atoms with Crippen LogP contribution in [0.1, 0.15) is 37.0 Å². The van der Waals surface area contributed by atoms with Gasteiger partial charge in [0.25, 0.3) is 0 Å². The molecular formula is C15H18F3NO2. The van der Waals surface area contributed by atoms with Gasteiger partial charge in [0.2, 0.25) is 0 Å². The van der Waals surface area contributed by atoms with Gasteiger partial charge in [0.1, 0.15) is 11.6 Å². The number of carbonyl (C=O) groups excluding carboxylic acids is 2. The number of hydrogen-bond donors (Lipinski definition) is 1. The number of hydrogen-bond acceptors (Lipinski definition) is 3. The van der Waals surface area contributed by atoms with Crippen LogP contribution in [0.5, 0.6) is 0 Å². The number of carbonyl (C=O) groups is 2. The summed E-state index contributed by atoms with van der Waals surface area (Å²) in [6, 6.07) is 2.49. The van der Waals surface area contributed by atoms with Crippen LogP contribution in [0.4, 0.5) is 18.9 Å². The van der Waals surface area contributed by atoms with Crippen molar-refractivity contribution in [1.82, 2.24) is 0 Å². The molecule has 0 spiro atoms. The number of rotatable bonds is 5. The zero-order chi connectivity index (χ0) is 16.4. The van der Waals surface area contributed by atoms with Gasteiger partial charge in [0.15, 0.2) is 0 Å². The first-order valence-corrected chi connectivity index (χ1v) is 6.48. The molecule has 0 fully saturated rings. The van der Waals surface area contributed by atoms with Crippen LogP contribution in [0.2, 0.25) is 0 Å². The number of alkyl halides is 3. The average molecular weight is 301 g/mol. The molecule has 0 radical (unpaired) electrons. The molecule has 0 saturated carbocycles. The standard InChI is InChI=1S/C15H18F3NO2/c1-8-4-11(6-12(10(3)21)5-9(2)20)7-13(14(8)19)15(16,17)18/h4,7,12H,5-6,19H2,1-3H3/t12-/m1/s1. The van der Waals surface area contributed by atoms with Crippen molar-refractivity contribution in [2.45, 2.75) is 39.8 Å². The summed E-state index contributed by atoms with van der Waals surface area (Å²) < 4.78 is 38.7. The highest BCUT2D eigenvalue weighted by atomic mass is 19.4. The molecule has 0 aromatic heterocycles. The van der Waals surface area contributed by atoms with Crippen molar-refractivity contribution < 1.29 is 22.8 Å². The fourth-order valence-corrected chi connectivity index (χ4v) is 2.22. The fraction of sp³-hybridized carbons (Fsp3) is 0.467. The topological polar surface area (TPSA) is 60.2 Å². The number of aryl methyl sites for hydroxylation is 1. The van der Waals surface area contributed by atoms with Crippen LogP contribution in [0.15, 0.2) is 12.1 Å². The highest BCUT2D eigenvalue weighted by Gasteiger charge is 2.34. The Hall–Kier alpha value is -1.85. The minimum atomic E-state index is -4.54. The summed E-state index contributed by atoms with van der Waals surface area (Å²) in [5.74, 6) is -0.988. The third kappa shape index (κ3) is 4.58. The highest BCUT2D eigenvalue weighted by Crippen LogP contribution is 2.36. The second kappa shape index (κ2) is 6.28. The van der Waals surface area contributed by atoms with Gasteiger partial charge in [-0.15, -0.1) is 0 Å². The monoisotopic (exact) mass is 301 g/mol. The Bertz CT molecular complexity index is 565. The van der Waals surface area contributed by atoms with Crippen LogP contribution in [-0.2, 0) is 22.2 Å². The molecule has 2 N–H and O–H groups in total. The zero-order valence-electron chi connectivity index (χ0n) is 12.2. The van der Waals surface area contributed by atoms with E-state index in [0.29, 0.717) is 11.1 Å². The Morgan fingerprint density at radius 3 is 2.24 bits per heavy atom. The van der Waals surface area contributed by atoms with E-state index < -0.39 is 17.7 Å². The van der Waals surface area contributed by atoms with E-state index in [9.17, 15) is 22.8 Å². The Labute approximate surface area is 121 Å². The molecule has 21 heavy (non-hydrogen) atoms. The molecule has 0 aliphatic carbocycles. The van der Waals surface area contributed by atoms with E-state index in [-0.39, 0.29) is 30.1 Å². The molecule has 0 amide bonds. The SMILES string of the molecule is CC(=O)C[C@H](Cc1cc(C)c(N)c(C(F)(F)F)c1)C(C)=O. The molecule has 3 nitrogen and oxygen atoms in total. The summed E-state index contributed by atoms with van der Waals surface area (Å²) >= 11 is 0. The van der Waals surface area contributed by atoms with Crippen molar-refractivity contribution >= 4 is 17.3 Å². The lowest BCUT2D eigenvalue weighted by Gasteiger charge is -2.17. The number of halogens is 3. The van der Waals surface area contributed by atoms with Gasteiger partial charge >= 0.3 is 6.18 Å². The number of benzene rings is 1. The van der Waals surface area contributed by atoms with Gasteiger partial charge in [-0.05, 0) is 44.4 Å². The van der Waals surface area contributed by atoms with E-state index in [0.717, 1.165) is 6.07 Å². The third-order valence-electron chi connectivity index (χ3n) is 3.34. The maximum atomic E-state index is 12.9. The van der Waals surface area contributed by atoms with Crippen LogP contribution in [-0.4, -0.2) is 11.6 Å². The first-order chi connectivity index (χ1) is 9.52. The van der Waals surface area contributed by atoms with Crippen LogP contribution in [0, 0.1) is 12.8 Å². The Morgan fingerprint density at radius 1 is 1.24 bits per heavy atom. The second-order valence-corrected chi connectivity index (χ2v) is 5.29. The summed E-state index contributed by atoms with van der Waals surface area (Å²) in [5, 5.41) is 0. The minimum Gasteiger partial charge on any atom is -0.398 e. The molecule has 1 aromatic rings. The molecule has 6 heteroatoms. The smallest absolute Gasteiger partial charge is 0.398 e. The highest BCUT2D eigenvalue weighted by molar-refractivity contribution is 5.85. The van der Waals surface area contributed by atoms with Crippen LogP contribution < -0.4 is 5.73 Å². The lowest BCUT2D eigenvalue weighted by molar-refractivity contribution is -0.137. The van der Waals surface area contributed by atoms with E-state index >= 15 is 0 Å². The normalized spacial score (nSPS) is 13.0. The van der Waals surface area contributed by atoms with Gasteiger partial charge in [-0.1, -0.05) is 6.07 Å². The number of anilines is 1. The number of nitrogen functional groups attached to an aromatic ring is 1. The van der Waals surface area contributed by atoms with E-state index in [1.807, 2.05) is 0 Å². The van der Waals surface area contributed by atoms with Gasteiger partial charge in [-0.2, -0.15) is 13.2 Å². The molecular weight excluding hydrogens is 283 g/mol. The van der Waals surface area contributed by atoms with Crippen molar-refractivity contribution in [2.75, 3.05) is 5.73 Å². The summed E-state index contributed by atoms with van der Waals surface area (Å²) in [5.41, 5.74) is 4.93. The minimum absolute atomic E-state index is 0.0279. The van der Waals surface area contributed by atoms with E-state index in [2.05, 4.69) is 0 Å². The van der Waals surface area contributed by atoms with Crippen molar-refractivity contribution in [3.8, 4) is 0 Å². The number of nitrogens with two attached hydrogens (primary N) is 1. The summed E-state index contributed by atoms with van der Waals surface area (Å²) in [4.78, 5) is 22.7. The van der Waals surface area contributed by atoms with Gasteiger partial charge in [0, 0.05) is 18.0 Å². The summed E-state index contributed by atoms with van der Waals surface area (Å²) in [7, 11) is 0. The predicted molar refractivity (Wildman–Crippen MR) is 73.8 cm³/mol. The molecule has 1 atom stereocenters. The van der Waals surface area contributed by atoms with Gasteiger partial charge in [-0.3, -0.25) is 4.79 Å². The molecule has 1 aromatic carbocycles. The second-order valence-electron chi connectivity index (χ2n) is 5.29. The first-order valence-electron chi connectivity index (χ1n) is 6.48. The van der Waals surface area contributed by atoms with Crippen molar-refractivity contribution in [1.29, 1.82) is 0 Å². The summed E-state index contributed by atoms with van der Waals surface area (Å²) in [6.45, 7) is 4.18. The average Bonchev–Trinajstić information content (AvgIpc) is 2.30. The largest absolute Gasteiger partial charge is 0.418 e. The molecule has 0 bridgehead atoms. The predicted octanol–water partition coefficient (Wildman–Crippen LogP) is 3.32. The van der Waals surface area contributed by atoms with Crippen molar-refractivity contribution in [3.63, 3.8) is 0 Å². The maximum absolute atomic E-state index is 12.9. The summed E-state index contributed by atoms with van der Waals surface area (Å²) in [6.07, 6.45) is -4.42. The van der Waals surface area contributed by atoms with Crippen LogP contribution >= 0.6 is 0 Å². The van der Waals surface area contributed by atoms with Gasteiger partial charge in [0.05, 0.1) is 5.56 Å². The molecule has 0 saturated heterocycles. The lowest BCUT2D eigenvalue weighted by Crippen LogP contribution is -2.18. The molecule has 0 aliphatic rings. The van der Waals surface area contributed by atoms with Gasteiger partial charge in [-0.25, -0.2) is 0 Å². The zero-order valence-corrected chi connectivity index (χ0v) is 12.2. The quantitative estimate of drug-likeness (QED) is 0.849. The van der Waals surface area contributed by atoms with E-state index in [4.69, 9.17) is 5.73 Å². The Balaban J connectivity index is 3.16. The van der Waals surface area contributed by atoms with Gasteiger partial charge < -0.3 is 10.5 Å². The van der Waals surface area contributed by atoms with E-state index in [1.54, 1.807) is 0 Å². The van der Waals surface area contributed by atoms with Crippen molar-refractivity contribution in [3.05, 3.63) is 28.8 Å². The fourth-order valence-electron chi connectivity index (χ4n) is 2.22. The number of ketones is 2. The third-order valence-corrected chi connectivity index (χ3v) is 3.34. The number of Topliss-reactive ketones (excluding diaryl/α,β-unsaturated/α-hetero) is 2. The first kappa shape index (κ1) is 17.2.